The van der Waals surface area contributed by atoms with Gasteiger partial charge in [0.25, 0.3) is 10.0 Å². The molecule has 3 rings (SSSR count). The molecule has 0 aliphatic heterocycles. The molecule has 10 heteroatoms. The van der Waals surface area contributed by atoms with E-state index in [4.69, 9.17) is 18.9 Å². The lowest BCUT2D eigenvalue weighted by atomic mass is 10.1. The third-order valence-corrected chi connectivity index (χ3v) is 5.51. The summed E-state index contributed by atoms with van der Waals surface area (Å²) < 4.78 is 48.1. The number of nitrogens with zero attached hydrogens (tertiary/aromatic N) is 3. The summed E-state index contributed by atoms with van der Waals surface area (Å²) >= 11 is 0. The molecule has 0 unspecified atom stereocenters. The summed E-state index contributed by atoms with van der Waals surface area (Å²) in [5.74, 6) is 1.11. The quantitative estimate of drug-likeness (QED) is 0.590. The fraction of sp³-hybridized carbons (Fsp3) is 0.222. The molecule has 0 bridgehead atoms. The Balaban J connectivity index is 2.26. The van der Waals surface area contributed by atoms with E-state index >= 15 is 0 Å². The first kappa shape index (κ1) is 19.5. The van der Waals surface area contributed by atoms with E-state index in [-0.39, 0.29) is 16.7 Å². The Hall–Kier alpha value is -3.27. The number of hydrogen-bond donors (Lipinski definition) is 0. The Bertz CT molecular complexity index is 1050. The second-order valence-electron chi connectivity index (χ2n) is 5.50. The topological polar surface area (TPSA) is 102 Å². The van der Waals surface area contributed by atoms with E-state index in [9.17, 15) is 8.42 Å². The van der Waals surface area contributed by atoms with Crippen LogP contribution in [-0.2, 0) is 10.0 Å². The maximum absolute atomic E-state index is 13.1. The van der Waals surface area contributed by atoms with Crippen molar-refractivity contribution in [3.05, 3.63) is 42.5 Å². The first-order valence-electron chi connectivity index (χ1n) is 8.08. The maximum Gasteiger partial charge on any atom is 0.336 e. The van der Waals surface area contributed by atoms with Crippen LogP contribution in [-0.4, -0.2) is 51.0 Å². The van der Waals surface area contributed by atoms with Crippen molar-refractivity contribution in [2.24, 2.45) is 0 Å². The van der Waals surface area contributed by atoms with E-state index in [2.05, 4.69) is 10.1 Å². The Morgan fingerprint density at radius 2 is 1.46 bits per heavy atom. The Labute approximate surface area is 162 Å². The molecule has 0 radical (unpaired) electrons. The van der Waals surface area contributed by atoms with E-state index in [1.165, 1.54) is 40.6 Å². The van der Waals surface area contributed by atoms with Crippen molar-refractivity contribution >= 4 is 10.0 Å². The molecule has 9 nitrogen and oxygen atoms in total. The Morgan fingerprint density at radius 1 is 0.857 bits per heavy atom. The molecule has 0 saturated carbocycles. The molecule has 0 saturated heterocycles. The Morgan fingerprint density at radius 3 is 1.96 bits per heavy atom. The van der Waals surface area contributed by atoms with Gasteiger partial charge in [-0.25, -0.2) is 0 Å². The van der Waals surface area contributed by atoms with Gasteiger partial charge in [-0.05, 0) is 24.3 Å². The second kappa shape index (κ2) is 7.77. The SMILES string of the molecule is COc1nc(-c2cc(OC)c(OC)c(OC)c2)n(S(=O)(=O)c2ccccc2)n1. The highest BCUT2D eigenvalue weighted by Gasteiger charge is 2.27. The highest BCUT2D eigenvalue weighted by atomic mass is 32.2. The van der Waals surface area contributed by atoms with Gasteiger partial charge in [0.1, 0.15) is 0 Å². The third-order valence-electron chi connectivity index (χ3n) is 3.93. The third kappa shape index (κ3) is 3.33. The molecule has 0 aliphatic carbocycles. The van der Waals surface area contributed by atoms with Crippen LogP contribution < -0.4 is 18.9 Å². The smallest absolute Gasteiger partial charge is 0.336 e. The molecular formula is C18H19N3O6S. The van der Waals surface area contributed by atoms with E-state index in [0.29, 0.717) is 22.8 Å². The van der Waals surface area contributed by atoms with Crippen LogP contribution in [0.2, 0.25) is 0 Å². The van der Waals surface area contributed by atoms with E-state index in [0.717, 1.165) is 4.09 Å². The molecule has 2 aromatic carbocycles. The molecule has 28 heavy (non-hydrogen) atoms. The van der Waals surface area contributed by atoms with E-state index < -0.39 is 10.0 Å². The zero-order valence-corrected chi connectivity index (χ0v) is 16.6. The summed E-state index contributed by atoms with van der Waals surface area (Å²) in [5.41, 5.74) is 0.393. The normalized spacial score (nSPS) is 11.1. The maximum atomic E-state index is 13.1. The molecule has 0 atom stereocenters. The van der Waals surface area contributed by atoms with Gasteiger partial charge in [-0.15, -0.1) is 4.09 Å². The molecule has 3 aromatic rings. The lowest BCUT2D eigenvalue weighted by Gasteiger charge is -2.14. The minimum atomic E-state index is -4.01. The lowest BCUT2D eigenvalue weighted by molar-refractivity contribution is 0.324. The average Bonchev–Trinajstić information content (AvgIpc) is 3.18. The molecule has 1 aromatic heterocycles. The Kier molecular flexibility index (Phi) is 5.41. The van der Waals surface area contributed by atoms with Crippen LogP contribution in [0.25, 0.3) is 11.4 Å². The molecular weight excluding hydrogens is 386 g/mol. The molecule has 148 valence electrons. The van der Waals surface area contributed by atoms with Crippen molar-refractivity contribution < 1.29 is 27.4 Å². The summed E-state index contributed by atoms with van der Waals surface area (Å²) in [5, 5.41) is 3.99. The van der Waals surface area contributed by atoms with Crippen molar-refractivity contribution in [3.63, 3.8) is 0 Å². The fourth-order valence-corrected chi connectivity index (χ4v) is 3.86. The van der Waals surface area contributed by atoms with Gasteiger partial charge in [-0.2, -0.15) is 13.4 Å². The van der Waals surface area contributed by atoms with Gasteiger partial charge in [0.05, 0.1) is 33.3 Å². The second-order valence-corrected chi connectivity index (χ2v) is 7.26. The standard InChI is InChI=1S/C18H19N3O6S/c1-24-14-10-12(11-15(25-2)16(14)26-3)17-19-18(27-4)20-21(17)28(22,23)13-8-6-5-7-9-13/h5-11H,1-4H3. The number of hydrogen-bond acceptors (Lipinski definition) is 8. The van der Waals surface area contributed by atoms with Crippen LogP contribution in [0.5, 0.6) is 23.3 Å². The molecule has 0 aliphatic rings. The van der Waals surface area contributed by atoms with E-state index in [1.54, 1.807) is 30.3 Å². The van der Waals surface area contributed by atoms with Crippen molar-refractivity contribution in [1.29, 1.82) is 0 Å². The highest BCUT2D eigenvalue weighted by molar-refractivity contribution is 7.90. The number of ether oxygens (including phenoxy) is 4. The summed E-state index contributed by atoms with van der Waals surface area (Å²) in [7, 11) is 1.75. The predicted octanol–water partition coefficient (Wildman–Crippen LogP) is 2.22. The summed E-state index contributed by atoms with van der Waals surface area (Å²) in [4.78, 5) is 4.26. The first-order chi connectivity index (χ1) is 13.5. The van der Waals surface area contributed by atoms with Gasteiger partial charge in [-0.1, -0.05) is 23.3 Å². The lowest BCUT2D eigenvalue weighted by Crippen LogP contribution is -2.16. The molecule has 1 heterocycles. The van der Waals surface area contributed by atoms with Crippen LogP contribution in [0, 0.1) is 0 Å². The average molecular weight is 405 g/mol. The zero-order valence-electron chi connectivity index (χ0n) is 15.7. The van der Waals surface area contributed by atoms with E-state index in [1.807, 2.05) is 0 Å². The van der Waals surface area contributed by atoms with Crippen LogP contribution >= 0.6 is 0 Å². The number of aromatic nitrogens is 3. The van der Waals surface area contributed by atoms with Gasteiger partial charge in [0, 0.05) is 5.56 Å². The monoisotopic (exact) mass is 405 g/mol. The molecule has 0 fully saturated rings. The number of methoxy groups -OCH3 is 4. The first-order valence-corrected chi connectivity index (χ1v) is 9.52. The summed E-state index contributed by atoms with van der Waals surface area (Å²) in [6, 6.07) is 11.0. The highest BCUT2D eigenvalue weighted by Crippen LogP contribution is 2.41. The van der Waals surface area contributed by atoms with Crippen LogP contribution in [0.1, 0.15) is 0 Å². The van der Waals surface area contributed by atoms with Crippen molar-refractivity contribution in [2.75, 3.05) is 28.4 Å². The largest absolute Gasteiger partial charge is 0.493 e. The van der Waals surface area contributed by atoms with Crippen LogP contribution in [0.4, 0.5) is 0 Å². The minimum Gasteiger partial charge on any atom is -0.493 e. The van der Waals surface area contributed by atoms with Crippen molar-refractivity contribution in [3.8, 4) is 34.6 Å². The number of rotatable bonds is 7. The fourth-order valence-electron chi connectivity index (χ4n) is 2.61. The van der Waals surface area contributed by atoms with Crippen molar-refractivity contribution in [1.82, 2.24) is 14.2 Å². The zero-order chi connectivity index (χ0) is 20.3. The minimum absolute atomic E-state index is 0.0416. The van der Waals surface area contributed by atoms with Gasteiger partial charge in [0.2, 0.25) is 5.75 Å². The molecule has 0 N–H and O–H groups in total. The van der Waals surface area contributed by atoms with Crippen LogP contribution in [0.3, 0.4) is 0 Å². The summed E-state index contributed by atoms with van der Waals surface area (Å²) in [6.07, 6.45) is 0. The van der Waals surface area contributed by atoms with Crippen LogP contribution in [0.15, 0.2) is 47.4 Å². The number of benzene rings is 2. The molecule has 0 spiro atoms. The summed E-state index contributed by atoms with van der Waals surface area (Å²) in [6.45, 7) is 0. The van der Waals surface area contributed by atoms with Gasteiger partial charge >= 0.3 is 6.01 Å². The van der Waals surface area contributed by atoms with Gasteiger partial charge in [0.15, 0.2) is 17.3 Å². The van der Waals surface area contributed by atoms with Crippen molar-refractivity contribution in [2.45, 2.75) is 4.90 Å². The van der Waals surface area contributed by atoms with Gasteiger partial charge < -0.3 is 18.9 Å². The molecule has 0 amide bonds. The predicted molar refractivity (Wildman–Crippen MR) is 101 cm³/mol. The van der Waals surface area contributed by atoms with Gasteiger partial charge in [-0.3, -0.25) is 0 Å².